The SMILES string of the molecule is CCCOc1ccc(-c2nsc(NC(=O)COc3cccc(C)c3C)n2)cc1OC. The topological polar surface area (TPSA) is 82.6 Å². The van der Waals surface area contributed by atoms with Gasteiger partial charge in [-0.05, 0) is 55.7 Å². The van der Waals surface area contributed by atoms with Crippen LogP contribution < -0.4 is 19.5 Å². The second-order valence-electron chi connectivity index (χ2n) is 6.67. The lowest BCUT2D eigenvalue weighted by molar-refractivity contribution is -0.118. The van der Waals surface area contributed by atoms with Crippen molar-refractivity contribution in [3.63, 3.8) is 0 Å². The molecule has 0 spiro atoms. The molecule has 0 aliphatic heterocycles. The molecule has 30 heavy (non-hydrogen) atoms. The number of amides is 1. The Morgan fingerprint density at radius 1 is 1.10 bits per heavy atom. The lowest BCUT2D eigenvalue weighted by atomic mass is 10.1. The zero-order valence-corrected chi connectivity index (χ0v) is 18.3. The van der Waals surface area contributed by atoms with Gasteiger partial charge in [0.15, 0.2) is 23.9 Å². The van der Waals surface area contributed by atoms with Gasteiger partial charge in [0, 0.05) is 17.1 Å². The fourth-order valence-corrected chi connectivity index (χ4v) is 3.31. The first-order chi connectivity index (χ1) is 14.5. The number of nitrogens with one attached hydrogen (secondary N) is 1. The molecule has 0 bridgehead atoms. The molecule has 0 atom stereocenters. The summed E-state index contributed by atoms with van der Waals surface area (Å²) in [7, 11) is 1.59. The Bertz CT molecular complexity index is 1020. The molecule has 158 valence electrons. The number of hydrogen-bond donors (Lipinski definition) is 1. The van der Waals surface area contributed by atoms with Gasteiger partial charge >= 0.3 is 0 Å². The number of nitrogens with zero attached hydrogens (tertiary/aromatic N) is 2. The smallest absolute Gasteiger partial charge is 0.264 e. The monoisotopic (exact) mass is 427 g/mol. The molecule has 1 amide bonds. The molecule has 0 aliphatic rings. The number of carbonyl (C=O) groups is 1. The molecule has 0 radical (unpaired) electrons. The maximum atomic E-state index is 12.2. The molecule has 3 rings (SSSR count). The fraction of sp³-hybridized carbons (Fsp3) is 0.318. The summed E-state index contributed by atoms with van der Waals surface area (Å²) in [6.07, 6.45) is 0.911. The number of benzene rings is 2. The Kier molecular flexibility index (Phi) is 7.24. The van der Waals surface area contributed by atoms with Crippen molar-refractivity contribution < 1.29 is 19.0 Å². The van der Waals surface area contributed by atoms with Crippen LogP contribution in [0.1, 0.15) is 24.5 Å². The van der Waals surface area contributed by atoms with Gasteiger partial charge in [0.25, 0.3) is 5.91 Å². The zero-order valence-electron chi connectivity index (χ0n) is 17.5. The third-order valence-electron chi connectivity index (χ3n) is 4.47. The van der Waals surface area contributed by atoms with E-state index in [0.717, 1.165) is 34.6 Å². The Morgan fingerprint density at radius 3 is 2.70 bits per heavy atom. The standard InChI is InChI=1S/C22H25N3O4S/c1-5-11-28-18-10-9-16(12-19(18)27-4)21-24-22(30-25-21)23-20(26)13-29-17-8-6-7-14(2)15(17)3/h6-10,12H,5,11,13H2,1-4H3,(H,23,24,25,26). The molecule has 1 heterocycles. The molecule has 0 fully saturated rings. The summed E-state index contributed by atoms with van der Waals surface area (Å²) in [5, 5.41) is 3.14. The van der Waals surface area contributed by atoms with E-state index in [1.165, 1.54) is 0 Å². The van der Waals surface area contributed by atoms with Crippen LogP contribution in [0.5, 0.6) is 17.2 Å². The van der Waals surface area contributed by atoms with Crippen LogP contribution in [0.15, 0.2) is 36.4 Å². The number of rotatable bonds is 9. The largest absolute Gasteiger partial charge is 0.493 e. The molecule has 0 saturated carbocycles. The number of ether oxygens (including phenoxy) is 3. The highest BCUT2D eigenvalue weighted by Gasteiger charge is 2.13. The molecule has 3 aromatic rings. The highest BCUT2D eigenvalue weighted by Crippen LogP contribution is 2.32. The molecule has 2 aromatic carbocycles. The Morgan fingerprint density at radius 2 is 1.93 bits per heavy atom. The first kappa shape index (κ1) is 21.6. The van der Waals surface area contributed by atoms with Crippen molar-refractivity contribution in [1.29, 1.82) is 0 Å². The van der Waals surface area contributed by atoms with E-state index >= 15 is 0 Å². The van der Waals surface area contributed by atoms with E-state index < -0.39 is 0 Å². The third kappa shape index (κ3) is 5.27. The summed E-state index contributed by atoms with van der Waals surface area (Å²) in [4.78, 5) is 16.6. The first-order valence-corrected chi connectivity index (χ1v) is 10.4. The predicted molar refractivity (Wildman–Crippen MR) is 118 cm³/mol. The van der Waals surface area contributed by atoms with E-state index in [9.17, 15) is 4.79 Å². The number of aromatic nitrogens is 2. The van der Waals surface area contributed by atoms with Crippen LogP contribution in [0.25, 0.3) is 11.4 Å². The van der Waals surface area contributed by atoms with Crippen molar-refractivity contribution in [1.82, 2.24) is 9.36 Å². The molecule has 1 N–H and O–H groups in total. The average Bonchev–Trinajstić information content (AvgIpc) is 3.21. The Hall–Kier alpha value is -3.13. The summed E-state index contributed by atoms with van der Waals surface area (Å²) in [6, 6.07) is 11.3. The number of methoxy groups -OCH3 is 1. The minimum atomic E-state index is -0.292. The van der Waals surface area contributed by atoms with Crippen molar-refractivity contribution in [3.8, 4) is 28.6 Å². The molecule has 0 unspecified atom stereocenters. The van der Waals surface area contributed by atoms with Crippen molar-refractivity contribution in [2.75, 3.05) is 25.6 Å². The van der Waals surface area contributed by atoms with E-state index in [0.29, 0.717) is 34.8 Å². The minimum Gasteiger partial charge on any atom is -0.493 e. The van der Waals surface area contributed by atoms with E-state index in [1.54, 1.807) is 7.11 Å². The lowest BCUT2D eigenvalue weighted by Crippen LogP contribution is -2.20. The highest BCUT2D eigenvalue weighted by molar-refractivity contribution is 7.10. The third-order valence-corrected chi connectivity index (χ3v) is 5.10. The van der Waals surface area contributed by atoms with Crippen LogP contribution in [0.3, 0.4) is 0 Å². The minimum absolute atomic E-state index is 0.101. The van der Waals surface area contributed by atoms with Gasteiger partial charge in [-0.2, -0.15) is 9.36 Å². The molecule has 0 saturated heterocycles. The first-order valence-electron chi connectivity index (χ1n) is 9.65. The summed E-state index contributed by atoms with van der Waals surface area (Å²) in [6.45, 7) is 6.53. The highest BCUT2D eigenvalue weighted by atomic mass is 32.1. The number of aryl methyl sites for hydroxylation is 1. The van der Waals surface area contributed by atoms with Gasteiger partial charge < -0.3 is 14.2 Å². The summed E-state index contributed by atoms with van der Waals surface area (Å²) < 4.78 is 21.0. The summed E-state index contributed by atoms with van der Waals surface area (Å²) >= 11 is 1.11. The summed E-state index contributed by atoms with van der Waals surface area (Å²) in [5.41, 5.74) is 2.91. The van der Waals surface area contributed by atoms with Gasteiger partial charge in [-0.15, -0.1) is 0 Å². The molecule has 0 aliphatic carbocycles. The van der Waals surface area contributed by atoms with E-state index in [2.05, 4.69) is 14.7 Å². The normalized spacial score (nSPS) is 10.5. The van der Waals surface area contributed by atoms with Crippen molar-refractivity contribution in [2.45, 2.75) is 27.2 Å². The van der Waals surface area contributed by atoms with Gasteiger partial charge in [0.2, 0.25) is 5.13 Å². The molecule has 7 nitrogen and oxygen atoms in total. The van der Waals surface area contributed by atoms with Crippen molar-refractivity contribution >= 4 is 22.6 Å². The second-order valence-corrected chi connectivity index (χ2v) is 7.42. The average molecular weight is 428 g/mol. The van der Waals surface area contributed by atoms with Crippen LogP contribution in [-0.2, 0) is 4.79 Å². The van der Waals surface area contributed by atoms with E-state index in [4.69, 9.17) is 14.2 Å². The number of hydrogen-bond acceptors (Lipinski definition) is 7. The van der Waals surface area contributed by atoms with E-state index in [-0.39, 0.29) is 12.5 Å². The van der Waals surface area contributed by atoms with Crippen LogP contribution in [0.2, 0.25) is 0 Å². The van der Waals surface area contributed by atoms with Crippen LogP contribution in [-0.4, -0.2) is 35.6 Å². The predicted octanol–water partition coefficient (Wildman–Crippen LogP) is 4.64. The van der Waals surface area contributed by atoms with Crippen molar-refractivity contribution in [2.24, 2.45) is 0 Å². The van der Waals surface area contributed by atoms with Crippen LogP contribution >= 0.6 is 11.5 Å². The lowest BCUT2D eigenvalue weighted by Gasteiger charge is -2.10. The van der Waals surface area contributed by atoms with Crippen LogP contribution in [0.4, 0.5) is 5.13 Å². The van der Waals surface area contributed by atoms with Gasteiger partial charge in [0.1, 0.15) is 5.75 Å². The number of carbonyl (C=O) groups excluding carboxylic acids is 1. The fourth-order valence-electron chi connectivity index (χ4n) is 2.71. The van der Waals surface area contributed by atoms with Crippen molar-refractivity contribution in [3.05, 3.63) is 47.5 Å². The number of anilines is 1. The Balaban J connectivity index is 1.63. The Labute approximate surface area is 180 Å². The van der Waals surface area contributed by atoms with Gasteiger partial charge in [0.05, 0.1) is 13.7 Å². The zero-order chi connectivity index (χ0) is 21.5. The maximum Gasteiger partial charge on any atom is 0.264 e. The quantitative estimate of drug-likeness (QED) is 0.536. The van der Waals surface area contributed by atoms with Gasteiger partial charge in [-0.3, -0.25) is 10.1 Å². The molecule has 1 aromatic heterocycles. The van der Waals surface area contributed by atoms with E-state index in [1.807, 2.05) is 57.2 Å². The molecule has 8 heteroatoms. The van der Waals surface area contributed by atoms with Gasteiger partial charge in [-0.25, -0.2) is 0 Å². The second kappa shape index (κ2) is 10.1. The molecular weight excluding hydrogens is 402 g/mol. The van der Waals surface area contributed by atoms with Crippen LogP contribution in [0, 0.1) is 13.8 Å². The molecular formula is C22H25N3O4S. The van der Waals surface area contributed by atoms with Gasteiger partial charge in [-0.1, -0.05) is 19.1 Å². The summed E-state index contributed by atoms with van der Waals surface area (Å²) in [5.74, 6) is 2.20. The maximum absolute atomic E-state index is 12.2.